The minimum absolute atomic E-state index is 1.39. The summed E-state index contributed by atoms with van der Waals surface area (Å²) in [7, 11) is 0. The van der Waals surface area contributed by atoms with Crippen LogP contribution in [0.5, 0.6) is 0 Å². The zero-order chi connectivity index (χ0) is 16.6. The Bertz CT molecular complexity index is 1110. The van der Waals surface area contributed by atoms with E-state index >= 15 is 0 Å². The third-order valence-corrected chi connectivity index (χ3v) is 6.12. The van der Waals surface area contributed by atoms with E-state index in [9.17, 15) is 0 Å². The van der Waals surface area contributed by atoms with Crippen molar-refractivity contribution in [2.24, 2.45) is 0 Å². The molecule has 23 heavy (non-hydrogen) atoms. The minimum atomic E-state index is 1.39. The van der Waals surface area contributed by atoms with Crippen LogP contribution in [0.2, 0.25) is 0 Å². The van der Waals surface area contributed by atoms with Gasteiger partial charge in [0.15, 0.2) is 0 Å². The largest absolute Gasteiger partial charge is 0.0508 e. The molecule has 0 fully saturated rings. The summed E-state index contributed by atoms with van der Waals surface area (Å²) in [5, 5.41) is 8.70. The maximum Gasteiger partial charge on any atom is -0.00183 e. The molecule has 0 aliphatic rings. The summed E-state index contributed by atoms with van der Waals surface area (Å²) in [6.45, 7) is 15.9. The first-order chi connectivity index (χ1) is 10.8. The van der Waals surface area contributed by atoms with Crippen LogP contribution in [-0.4, -0.2) is 0 Å². The van der Waals surface area contributed by atoms with E-state index in [0.717, 1.165) is 0 Å². The van der Waals surface area contributed by atoms with Crippen molar-refractivity contribution in [2.75, 3.05) is 0 Å². The lowest BCUT2D eigenvalue weighted by Gasteiger charge is -2.22. The van der Waals surface area contributed by atoms with Crippen LogP contribution in [0, 0.1) is 48.5 Å². The number of rotatable bonds is 0. The first-order valence-corrected chi connectivity index (χ1v) is 8.48. The molecule has 0 N–H and O–H groups in total. The molecule has 0 aromatic heterocycles. The molecule has 0 aliphatic carbocycles. The van der Waals surface area contributed by atoms with Gasteiger partial charge in [-0.2, -0.15) is 0 Å². The topological polar surface area (TPSA) is 0 Å². The fourth-order valence-corrected chi connectivity index (χ4v) is 4.33. The molecule has 0 nitrogen and oxygen atoms in total. The van der Waals surface area contributed by atoms with Crippen LogP contribution >= 0.6 is 0 Å². The first-order valence-electron chi connectivity index (χ1n) is 8.48. The second kappa shape index (κ2) is 4.47. The quantitative estimate of drug-likeness (QED) is 0.315. The Morgan fingerprint density at radius 2 is 0.913 bits per heavy atom. The molecule has 0 unspecified atom stereocenters. The highest BCUT2D eigenvalue weighted by Gasteiger charge is 2.19. The van der Waals surface area contributed by atoms with Gasteiger partial charge in [-0.15, -0.1) is 0 Å². The molecule has 0 atom stereocenters. The van der Waals surface area contributed by atoms with Gasteiger partial charge in [-0.3, -0.25) is 0 Å². The van der Waals surface area contributed by atoms with Crippen molar-refractivity contribution in [3.8, 4) is 0 Å². The summed E-state index contributed by atoms with van der Waals surface area (Å²) in [6, 6.07) is 7.18. The normalized spacial score (nSPS) is 12.1. The van der Waals surface area contributed by atoms with Crippen molar-refractivity contribution in [3.05, 3.63) is 57.1 Å². The zero-order valence-corrected chi connectivity index (χ0v) is 15.2. The van der Waals surface area contributed by atoms with E-state index in [1.165, 1.54) is 71.3 Å². The predicted octanol–water partition coefficient (Wildman–Crippen LogP) is 6.74. The van der Waals surface area contributed by atoms with Crippen LogP contribution in [0.1, 0.15) is 38.9 Å². The molecule has 116 valence electrons. The fourth-order valence-electron chi connectivity index (χ4n) is 4.33. The third kappa shape index (κ3) is 1.67. The average Bonchev–Trinajstić information content (AvgIpc) is 2.51. The molecule has 0 heteroatoms. The summed E-state index contributed by atoms with van der Waals surface area (Å²) in [4.78, 5) is 0. The molecular weight excluding hydrogens is 276 g/mol. The average molecular weight is 300 g/mol. The van der Waals surface area contributed by atoms with E-state index < -0.39 is 0 Å². The molecule has 0 aliphatic heterocycles. The number of benzene rings is 4. The lowest BCUT2D eigenvalue weighted by atomic mass is 9.82. The molecule has 0 radical (unpaired) electrons. The zero-order valence-electron chi connectivity index (χ0n) is 15.2. The molecule has 0 heterocycles. The van der Waals surface area contributed by atoms with Crippen LogP contribution in [-0.2, 0) is 0 Å². The Morgan fingerprint density at radius 3 is 1.61 bits per heavy atom. The van der Waals surface area contributed by atoms with E-state index in [0.29, 0.717) is 0 Å². The lowest BCUT2D eigenvalue weighted by molar-refractivity contribution is 1.33. The molecule has 4 rings (SSSR count). The molecule has 0 spiro atoms. The van der Waals surface area contributed by atoms with Crippen LogP contribution in [0.25, 0.3) is 32.3 Å². The lowest BCUT2D eigenvalue weighted by Crippen LogP contribution is -1.98. The van der Waals surface area contributed by atoms with Crippen molar-refractivity contribution in [1.82, 2.24) is 0 Å². The van der Waals surface area contributed by atoms with Crippen molar-refractivity contribution < 1.29 is 0 Å². The smallest absolute Gasteiger partial charge is 0.00183 e. The standard InChI is InChI=1S/C23H24/c1-11-9-20-16(6)17(7)21-15(5)12(2)8-18-13(3)10-19(14(11)4)22(20)23(18)21/h8-10H,1-7H3. The summed E-state index contributed by atoms with van der Waals surface area (Å²) in [6.07, 6.45) is 0. The van der Waals surface area contributed by atoms with Crippen molar-refractivity contribution in [3.63, 3.8) is 0 Å². The SMILES string of the molecule is Cc1cc2c(C)c(C)c3c(C)c(C)cc4c(C)cc(c1C)c2c43. The summed E-state index contributed by atoms with van der Waals surface area (Å²) >= 11 is 0. The maximum atomic E-state index is 2.40. The Hall–Kier alpha value is -2.08. The fraction of sp³-hybridized carbons (Fsp3) is 0.304. The monoisotopic (exact) mass is 300 g/mol. The number of hydrogen-bond donors (Lipinski definition) is 0. The minimum Gasteiger partial charge on any atom is -0.0508 e. The van der Waals surface area contributed by atoms with E-state index in [2.05, 4.69) is 66.7 Å². The molecule has 0 amide bonds. The van der Waals surface area contributed by atoms with Gasteiger partial charge in [0.25, 0.3) is 0 Å². The van der Waals surface area contributed by atoms with Gasteiger partial charge in [0, 0.05) is 0 Å². The van der Waals surface area contributed by atoms with Crippen LogP contribution < -0.4 is 0 Å². The summed E-state index contributed by atoms with van der Waals surface area (Å²) in [5.41, 5.74) is 9.92. The van der Waals surface area contributed by atoms with Crippen molar-refractivity contribution in [1.29, 1.82) is 0 Å². The van der Waals surface area contributed by atoms with Gasteiger partial charge >= 0.3 is 0 Å². The molecule has 4 aromatic rings. The van der Waals surface area contributed by atoms with Gasteiger partial charge in [0.05, 0.1) is 0 Å². The molecule has 0 saturated heterocycles. The highest BCUT2D eigenvalue weighted by Crippen LogP contribution is 2.43. The van der Waals surface area contributed by atoms with Gasteiger partial charge < -0.3 is 0 Å². The molecule has 0 bridgehead atoms. The molecular formula is C23H24. The highest BCUT2D eigenvalue weighted by atomic mass is 14.2. The van der Waals surface area contributed by atoms with Gasteiger partial charge in [-0.1, -0.05) is 18.2 Å². The second-order valence-electron chi connectivity index (χ2n) is 7.35. The molecule has 0 saturated carbocycles. The number of hydrogen-bond acceptors (Lipinski definition) is 0. The Kier molecular flexibility index (Phi) is 2.82. The van der Waals surface area contributed by atoms with Gasteiger partial charge in [0.2, 0.25) is 0 Å². The maximum absolute atomic E-state index is 2.40. The second-order valence-corrected chi connectivity index (χ2v) is 7.35. The third-order valence-electron chi connectivity index (χ3n) is 6.12. The molecule has 4 aromatic carbocycles. The Morgan fingerprint density at radius 1 is 0.391 bits per heavy atom. The summed E-state index contributed by atoms with van der Waals surface area (Å²) < 4.78 is 0. The van der Waals surface area contributed by atoms with E-state index in [4.69, 9.17) is 0 Å². The van der Waals surface area contributed by atoms with E-state index in [1.54, 1.807) is 0 Å². The highest BCUT2D eigenvalue weighted by molar-refractivity contribution is 6.27. The van der Waals surface area contributed by atoms with Crippen LogP contribution in [0.3, 0.4) is 0 Å². The Labute approximate surface area is 138 Å². The van der Waals surface area contributed by atoms with Gasteiger partial charge in [0.1, 0.15) is 0 Å². The van der Waals surface area contributed by atoms with Crippen molar-refractivity contribution >= 4 is 32.3 Å². The Balaban J connectivity index is 2.53. The predicted molar refractivity (Wildman–Crippen MR) is 103 cm³/mol. The number of aryl methyl sites for hydroxylation is 7. The van der Waals surface area contributed by atoms with E-state index in [-0.39, 0.29) is 0 Å². The van der Waals surface area contributed by atoms with Crippen molar-refractivity contribution in [2.45, 2.75) is 48.5 Å². The van der Waals surface area contributed by atoms with Gasteiger partial charge in [-0.05, 0) is 120 Å². The summed E-state index contributed by atoms with van der Waals surface area (Å²) in [5.74, 6) is 0. The van der Waals surface area contributed by atoms with Crippen LogP contribution in [0.15, 0.2) is 18.2 Å². The van der Waals surface area contributed by atoms with Gasteiger partial charge in [-0.25, -0.2) is 0 Å². The van der Waals surface area contributed by atoms with E-state index in [1.807, 2.05) is 0 Å². The first kappa shape index (κ1) is 14.5. The van der Waals surface area contributed by atoms with Crippen LogP contribution in [0.4, 0.5) is 0 Å².